The Bertz CT molecular complexity index is 775. The van der Waals surface area contributed by atoms with E-state index >= 15 is 0 Å². The lowest BCUT2D eigenvalue weighted by atomic mass is 10.0. The van der Waals surface area contributed by atoms with Crippen LogP contribution in [-0.2, 0) is 4.79 Å². The topological polar surface area (TPSA) is 69.6 Å². The molecule has 0 fully saturated rings. The molecule has 0 bridgehead atoms. The molecule has 0 aliphatic carbocycles. The molecule has 300 valence electrons. The Morgan fingerprint density at radius 3 is 1.18 bits per heavy atom. The molecule has 0 rings (SSSR count). The zero-order valence-corrected chi connectivity index (χ0v) is 34.4. The van der Waals surface area contributed by atoms with Crippen molar-refractivity contribution in [3.8, 4) is 0 Å². The van der Waals surface area contributed by atoms with E-state index < -0.39 is 12.1 Å². The molecule has 0 aromatic carbocycles. The monoisotopic (exact) mass is 716 g/mol. The molecule has 0 spiro atoms. The van der Waals surface area contributed by atoms with Gasteiger partial charge in [-0.25, -0.2) is 0 Å². The summed E-state index contributed by atoms with van der Waals surface area (Å²) in [6.45, 7) is 4.31. The number of allylic oxidation sites excluding steroid dienone is 5. The van der Waals surface area contributed by atoms with Crippen LogP contribution in [0, 0.1) is 0 Å². The molecule has 51 heavy (non-hydrogen) atoms. The average molecular weight is 716 g/mol. The van der Waals surface area contributed by atoms with Gasteiger partial charge in [0, 0.05) is 6.42 Å². The quantitative estimate of drug-likeness (QED) is 0.0436. The number of nitrogens with one attached hydrogen (secondary N) is 1. The largest absolute Gasteiger partial charge is 0.394 e. The second-order valence-corrected chi connectivity index (χ2v) is 15.5. The van der Waals surface area contributed by atoms with E-state index in [1.165, 1.54) is 186 Å². The van der Waals surface area contributed by atoms with Gasteiger partial charge < -0.3 is 15.5 Å². The molecule has 0 aliphatic rings. The van der Waals surface area contributed by atoms with Gasteiger partial charge in [-0.1, -0.05) is 217 Å². The van der Waals surface area contributed by atoms with Gasteiger partial charge in [0.2, 0.25) is 5.91 Å². The van der Waals surface area contributed by atoms with Crippen molar-refractivity contribution < 1.29 is 15.0 Å². The zero-order valence-electron chi connectivity index (χ0n) is 34.4. The van der Waals surface area contributed by atoms with Crippen molar-refractivity contribution in [1.82, 2.24) is 5.32 Å². The molecule has 0 saturated carbocycles. The van der Waals surface area contributed by atoms with Gasteiger partial charge in [-0.05, 0) is 51.4 Å². The molecule has 0 aliphatic heterocycles. The number of carbonyl (C=O) groups is 1. The third-order valence-corrected chi connectivity index (χ3v) is 10.4. The summed E-state index contributed by atoms with van der Waals surface area (Å²) in [5.41, 5.74) is 0. The lowest BCUT2D eigenvalue weighted by Crippen LogP contribution is -2.45. The molecular weight excluding hydrogens is 627 g/mol. The highest BCUT2D eigenvalue weighted by atomic mass is 16.3. The van der Waals surface area contributed by atoms with Gasteiger partial charge in [0.05, 0.1) is 18.8 Å². The van der Waals surface area contributed by atoms with Crippen LogP contribution in [0.1, 0.15) is 239 Å². The Balaban J connectivity index is 3.57. The van der Waals surface area contributed by atoms with E-state index in [-0.39, 0.29) is 12.5 Å². The van der Waals surface area contributed by atoms with E-state index in [4.69, 9.17) is 0 Å². The van der Waals surface area contributed by atoms with Crippen molar-refractivity contribution in [3.05, 3.63) is 36.5 Å². The number of aliphatic hydroxyl groups is 2. The third-order valence-electron chi connectivity index (χ3n) is 10.4. The van der Waals surface area contributed by atoms with E-state index in [1.54, 1.807) is 6.08 Å². The summed E-state index contributed by atoms with van der Waals surface area (Å²) in [6.07, 6.45) is 56.8. The highest BCUT2D eigenvalue weighted by Crippen LogP contribution is 2.15. The Labute approximate surface area is 319 Å². The first-order valence-corrected chi connectivity index (χ1v) is 22.7. The highest BCUT2D eigenvalue weighted by Gasteiger charge is 2.17. The number of amides is 1. The van der Waals surface area contributed by atoms with Crippen LogP contribution in [0.4, 0.5) is 0 Å². The minimum Gasteiger partial charge on any atom is -0.394 e. The van der Waals surface area contributed by atoms with Gasteiger partial charge in [0.1, 0.15) is 0 Å². The summed E-state index contributed by atoms with van der Waals surface area (Å²) < 4.78 is 0. The van der Waals surface area contributed by atoms with Crippen molar-refractivity contribution in [1.29, 1.82) is 0 Å². The molecular formula is C47H89NO3. The molecule has 0 aromatic heterocycles. The van der Waals surface area contributed by atoms with Gasteiger partial charge >= 0.3 is 0 Å². The molecule has 2 atom stereocenters. The predicted octanol–water partition coefficient (Wildman–Crippen LogP) is 14.2. The normalized spacial score (nSPS) is 13.3. The zero-order chi connectivity index (χ0) is 37.1. The van der Waals surface area contributed by atoms with E-state index in [9.17, 15) is 15.0 Å². The maximum Gasteiger partial charge on any atom is 0.220 e. The van der Waals surface area contributed by atoms with E-state index in [2.05, 4.69) is 43.5 Å². The molecule has 3 N–H and O–H groups in total. The molecule has 4 nitrogen and oxygen atoms in total. The molecule has 0 aromatic rings. The number of carbonyl (C=O) groups excluding carboxylic acids is 1. The lowest BCUT2D eigenvalue weighted by molar-refractivity contribution is -0.123. The summed E-state index contributed by atoms with van der Waals surface area (Å²) >= 11 is 0. The fourth-order valence-electron chi connectivity index (χ4n) is 6.86. The molecule has 1 amide bonds. The standard InChI is InChI=1S/C47H89NO3/c1-3-5-7-9-11-13-15-17-19-21-23-24-25-27-29-31-33-35-37-39-41-43-47(51)48-45(44-49)46(50)42-40-38-36-34-32-30-28-26-22-20-18-16-14-12-10-8-6-4-2/h15,17,21,23,40,42,45-46,49-50H,3-14,16,18-20,22,24-39,41,43-44H2,1-2H3,(H,48,51)/b17-15-,23-21-,42-40+. The van der Waals surface area contributed by atoms with E-state index in [1.807, 2.05) is 6.08 Å². The number of rotatable bonds is 41. The fourth-order valence-corrected chi connectivity index (χ4v) is 6.86. The van der Waals surface area contributed by atoms with Crippen LogP contribution in [0.25, 0.3) is 0 Å². The fraction of sp³-hybridized carbons (Fsp3) is 0.851. The van der Waals surface area contributed by atoms with Crippen LogP contribution in [0.5, 0.6) is 0 Å². The first-order valence-electron chi connectivity index (χ1n) is 22.7. The molecule has 0 heterocycles. The van der Waals surface area contributed by atoms with Crippen LogP contribution in [0.15, 0.2) is 36.5 Å². The summed E-state index contributed by atoms with van der Waals surface area (Å²) in [4.78, 5) is 12.4. The maximum absolute atomic E-state index is 12.4. The van der Waals surface area contributed by atoms with Gasteiger partial charge in [-0.2, -0.15) is 0 Å². The highest BCUT2D eigenvalue weighted by molar-refractivity contribution is 5.76. The van der Waals surface area contributed by atoms with E-state index in [0.29, 0.717) is 6.42 Å². The minimum absolute atomic E-state index is 0.0674. The molecule has 0 saturated heterocycles. The van der Waals surface area contributed by atoms with Crippen LogP contribution in [-0.4, -0.2) is 34.9 Å². The van der Waals surface area contributed by atoms with Crippen molar-refractivity contribution in [2.24, 2.45) is 0 Å². The summed E-state index contributed by atoms with van der Waals surface area (Å²) in [5, 5.41) is 23.0. The van der Waals surface area contributed by atoms with Crippen LogP contribution < -0.4 is 5.32 Å². The van der Waals surface area contributed by atoms with Crippen molar-refractivity contribution in [2.75, 3.05) is 6.61 Å². The van der Waals surface area contributed by atoms with Crippen LogP contribution >= 0.6 is 0 Å². The van der Waals surface area contributed by atoms with Gasteiger partial charge in [0.25, 0.3) is 0 Å². The molecule has 2 unspecified atom stereocenters. The summed E-state index contributed by atoms with van der Waals surface area (Å²) in [5.74, 6) is -0.0674. The summed E-state index contributed by atoms with van der Waals surface area (Å²) in [6, 6.07) is -0.623. The molecule has 4 heteroatoms. The number of hydrogen-bond acceptors (Lipinski definition) is 3. The SMILES string of the molecule is CCCCCCC/C=C\C/C=C\CCCCCCCCCCCC(=O)NC(CO)C(O)/C=C/CCCCCCCCCCCCCCCCCC. The van der Waals surface area contributed by atoms with Gasteiger partial charge in [-0.3, -0.25) is 4.79 Å². The Hall–Kier alpha value is -1.39. The van der Waals surface area contributed by atoms with E-state index in [0.717, 1.165) is 32.1 Å². The third kappa shape index (κ3) is 39.6. The number of aliphatic hydroxyl groups excluding tert-OH is 2. The van der Waals surface area contributed by atoms with Crippen LogP contribution in [0.3, 0.4) is 0 Å². The Kier molecular flexibility index (Phi) is 41.8. The second kappa shape index (κ2) is 43.0. The average Bonchev–Trinajstić information content (AvgIpc) is 3.13. The number of hydrogen-bond donors (Lipinski definition) is 3. The maximum atomic E-state index is 12.4. The first-order chi connectivity index (χ1) is 25.2. The smallest absolute Gasteiger partial charge is 0.220 e. The van der Waals surface area contributed by atoms with Crippen molar-refractivity contribution >= 4 is 5.91 Å². The summed E-state index contributed by atoms with van der Waals surface area (Å²) in [7, 11) is 0. The Morgan fingerprint density at radius 2 is 0.804 bits per heavy atom. The predicted molar refractivity (Wildman–Crippen MR) is 225 cm³/mol. The first kappa shape index (κ1) is 49.6. The molecule has 0 radical (unpaired) electrons. The number of unbranched alkanes of at least 4 members (excludes halogenated alkanes) is 30. The second-order valence-electron chi connectivity index (χ2n) is 15.5. The van der Waals surface area contributed by atoms with Crippen LogP contribution in [0.2, 0.25) is 0 Å². The van der Waals surface area contributed by atoms with Crippen molar-refractivity contribution in [3.63, 3.8) is 0 Å². The van der Waals surface area contributed by atoms with Gasteiger partial charge in [0.15, 0.2) is 0 Å². The van der Waals surface area contributed by atoms with Gasteiger partial charge in [-0.15, -0.1) is 0 Å². The van der Waals surface area contributed by atoms with Crippen molar-refractivity contribution in [2.45, 2.75) is 251 Å². The minimum atomic E-state index is -0.840. The Morgan fingerprint density at radius 1 is 0.471 bits per heavy atom. The lowest BCUT2D eigenvalue weighted by Gasteiger charge is -2.20.